The third-order valence-corrected chi connectivity index (χ3v) is 5.12. The minimum atomic E-state index is -0.611. The smallest absolute Gasteiger partial charge is 0.330 e. The maximum Gasteiger partial charge on any atom is 0.330 e. The molecule has 5 nitrogen and oxygen atoms in total. The molecule has 0 unspecified atom stereocenters. The van der Waals surface area contributed by atoms with E-state index in [9.17, 15) is 9.59 Å². The predicted octanol–water partition coefficient (Wildman–Crippen LogP) is 6.41. The molecule has 0 bridgehead atoms. The number of ether oxygens (including phenoxy) is 1. The Hall–Kier alpha value is -1.52. The second kappa shape index (κ2) is 22.8. The lowest BCUT2D eigenvalue weighted by Crippen LogP contribution is -2.32. The van der Waals surface area contributed by atoms with Crippen LogP contribution in [0.4, 0.5) is 4.79 Å². The van der Waals surface area contributed by atoms with E-state index in [0.717, 1.165) is 12.8 Å². The highest BCUT2D eigenvalue weighted by Crippen LogP contribution is 2.14. The fourth-order valence-corrected chi connectivity index (χ4v) is 3.36. The van der Waals surface area contributed by atoms with Crippen LogP contribution in [0.3, 0.4) is 0 Å². The molecule has 0 atom stereocenters. The summed E-state index contributed by atoms with van der Waals surface area (Å²) in [6, 6.07) is -0.611. The number of nitrogens with two attached hydrogens (primary N) is 1. The molecule has 0 aromatic heterocycles. The van der Waals surface area contributed by atoms with Crippen LogP contribution in [0, 0.1) is 0 Å². The summed E-state index contributed by atoms with van der Waals surface area (Å²) < 4.78 is 4.93. The van der Waals surface area contributed by atoms with E-state index in [1.54, 1.807) is 0 Å². The van der Waals surface area contributed by atoms with E-state index in [0.29, 0.717) is 0 Å². The first-order valence-corrected chi connectivity index (χ1v) is 12.0. The molecule has 0 saturated heterocycles. The number of carbonyl (C=O) groups excluding carboxylic acids is 2. The van der Waals surface area contributed by atoms with Crippen LogP contribution in [0.5, 0.6) is 0 Å². The van der Waals surface area contributed by atoms with Crippen molar-refractivity contribution < 1.29 is 14.3 Å². The fourth-order valence-electron chi connectivity index (χ4n) is 3.36. The Morgan fingerprint density at radius 1 is 0.759 bits per heavy atom. The van der Waals surface area contributed by atoms with Crippen LogP contribution in [0.1, 0.15) is 116 Å². The standard InChI is InChI=1S/C24H46N2O3/c1-2-3-4-5-6-7-8-9-10-11-12-13-14-15-16-17-18-19-20-23(27)29-22-21-26-24(25)28/h19-20H,2-18,21-22H2,1H3,(H3,25,26,28). The van der Waals surface area contributed by atoms with Gasteiger partial charge in [0.1, 0.15) is 6.61 Å². The predicted molar refractivity (Wildman–Crippen MR) is 122 cm³/mol. The maximum absolute atomic E-state index is 11.4. The van der Waals surface area contributed by atoms with Gasteiger partial charge in [-0.2, -0.15) is 0 Å². The molecule has 170 valence electrons. The van der Waals surface area contributed by atoms with Crippen LogP contribution in [-0.2, 0) is 9.53 Å². The summed E-state index contributed by atoms with van der Waals surface area (Å²) in [5.74, 6) is -0.368. The fraction of sp³-hybridized carbons (Fsp3) is 0.833. The van der Waals surface area contributed by atoms with Crippen molar-refractivity contribution in [3.05, 3.63) is 12.2 Å². The number of urea groups is 1. The molecule has 0 radical (unpaired) electrons. The van der Waals surface area contributed by atoms with Crippen LogP contribution < -0.4 is 11.1 Å². The van der Waals surface area contributed by atoms with Crippen molar-refractivity contribution in [2.24, 2.45) is 5.73 Å². The number of unbranched alkanes of at least 4 members (excludes halogenated alkanes) is 16. The first-order chi connectivity index (χ1) is 14.2. The third-order valence-electron chi connectivity index (χ3n) is 5.12. The number of allylic oxidation sites excluding steroid dienone is 1. The van der Waals surface area contributed by atoms with E-state index in [4.69, 9.17) is 10.5 Å². The van der Waals surface area contributed by atoms with Gasteiger partial charge >= 0.3 is 12.0 Å². The first-order valence-electron chi connectivity index (χ1n) is 12.0. The van der Waals surface area contributed by atoms with E-state index in [1.807, 2.05) is 6.08 Å². The van der Waals surface area contributed by atoms with Crippen LogP contribution in [0.25, 0.3) is 0 Å². The van der Waals surface area contributed by atoms with Gasteiger partial charge in [0.25, 0.3) is 0 Å². The van der Waals surface area contributed by atoms with E-state index in [1.165, 1.54) is 102 Å². The molecule has 5 heteroatoms. The Bertz CT molecular complexity index is 411. The van der Waals surface area contributed by atoms with Crippen LogP contribution in [0.15, 0.2) is 12.2 Å². The monoisotopic (exact) mass is 410 g/mol. The van der Waals surface area contributed by atoms with Gasteiger partial charge in [-0.05, 0) is 12.8 Å². The number of nitrogens with one attached hydrogen (secondary N) is 1. The van der Waals surface area contributed by atoms with Gasteiger partial charge in [-0.25, -0.2) is 9.59 Å². The number of primary amides is 1. The molecular weight excluding hydrogens is 364 g/mol. The summed E-state index contributed by atoms with van der Waals surface area (Å²) in [7, 11) is 0. The average molecular weight is 411 g/mol. The van der Waals surface area contributed by atoms with Gasteiger partial charge in [0, 0.05) is 6.08 Å². The van der Waals surface area contributed by atoms with Crippen LogP contribution in [0.2, 0.25) is 0 Å². The van der Waals surface area contributed by atoms with Gasteiger partial charge < -0.3 is 15.8 Å². The molecule has 0 aliphatic rings. The Morgan fingerprint density at radius 3 is 1.66 bits per heavy atom. The van der Waals surface area contributed by atoms with E-state index < -0.39 is 6.03 Å². The summed E-state index contributed by atoms with van der Waals surface area (Å²) in [5, 5.41) is 2.37. The van der Waals surface area contributed by atoms with Crippen molar-refractivity contribution >= 4 is 12.0 Å². The molecule has 0 aliphatic heterocycles. The quantitative estimate of drug-likeness (QED) is 0.130. The van der Waals surface area contributed by atoms with Gasteiger partial charge in [0.15, 0.2) is 0 Å². The van der Waals surface area contributed by atoms with E-state index >= 15 is 0 Å². The molecule has 0 aromatic carbocycles. The zero-order valence-electron chi connectivity index (χ0n) is 18.9. The van der Waals surface area contributed by atoms with Crippen molar-refractivity contribution in [1.82, 2.24) is 5.32 Å². The number of amides is 2. The van der Waals surface area contributed by atoms with Gasteiger partial charge in [0.05, 0.1) is 6.54 Å². The van der Waals surface area contributed by atoms with Crippen molar-refractivity contribution in [2.45, 2.75) is 116 Å². The lowest BCUT2D eigenvalue weighted by atomic mass is 10.0. The molecule has 0 spiro atoms. The lowest BCUT2D eigenvalue weighted by Gasteiger charge is -2.03. The lowest BCUT2D eigenvalue weighted by molar-refractivity contribution is -0.137. The highest BCUT2D eigenvalue weighted by Gasteiger charge is 1.97. The minimum absolute atomic E-state index is 0.144. The largest absolute Gasteiger partial charge is 0.461 e. The summed E-state index contributed by atoms with van der Waals surface area (Å²) in [5.41, 5.74) is 4.91. The normalized spacial score (nSPS) is 11.1. The average Bonchev–Trinajstić information content (AvgIpc) is 2.70. The Labute approximate surface area is 179 Å². The van der Waals surface area contributed by atoms with Gasteiger partial charge in [-0.3, -0.25) is 0 Å². The third kappa shape index (κ3) is 24.4. The Morgan fingerprint density at radius 2 is 1.21 bits per heavy atom. The number of rotatable bonds is 21. The van der Waals surface area contributed by atoms with Gasteiger partial charge in [0.2, 0.25) is 0 Å². The maximum atomic E-state index is 11.4. The first kappa shape index (κ1) is 27.5. The van der Waals surface area contributed by atoms with Gasteiger partial charge in [-0.1, -0.05) is 109 Å². The Balaban J connectivity index is 3.19. The number of esters is 1. The second-order valence-electron chi connectivity index (χ2n) is 7.95. The summed E-state index contributed by atoms with van der Waals surface area (Å²) >= 11 is 0. The zero-order chi connectivity index (χ0) is 21.4. The molecular formula is C24H46N2O3. The van der Waals surface area contributed by atoms with Crippen molar-refractivity contribution in [2.75, 3.05) is 13.2 Å². The van der Waals surface area contributed by atoms with Crippen molar-refractivity contribution in [3.8, 4) is 0 Å². The van der Waals surface area contributed by atoms with E-state index in [-0.39, 0.29) is 19.1 Å². The number of hydrogen-bond donors (Lipinski definition) is 2. The van der Waals surface area contributed by atoms with Crippen molar-refractivity contribution in [1.29, 1.82) is 0 Å². The SMILES string of the molecule is CCCCCCCCCCCCCCCCCCC=CC(=O)OCCNC(N)=O. The van der Waals surface area contributed by atoms with Crippen LogP contribution in [-0.4, -0.2) is 25.2 Å². The second-order valence-corrected chi connectivity index (χ2v) is 7.95. The molecule has 0 rings (SSSR count). The Kier molecular flexibility index (Phi) is 21.6. The number of hydrogen-bond acceptors (Lipinski definition) is 3. The van der Waals surface area contributed by atoms with Crippen molar-refractivity contribution in [3.63, 3.8) is 0 Å². The molecule has 0 aromatic rings. The molecule has 0 saturated carbocycles. The molecule has 0 aliphatic carbocycles. The highest BCUT2D eigenvalue weighted by molar-refractivity contribution is 5.81. The zero-order valence-corrected chi connectivity index (χ0v) is 18.9. The highest BCUT2D eigenvalue weighted by atomic mass is 16.5. The topological polar surface area (TPSA) is 81.4 Å². The number of carbonyl (C=O) groups is 2. The van der Waals surface area contributed by atoms with Gasteiger partial charge in [-0.15, -0.1) is 0 Å². The molecule has 0 heterocycles. The molecule has 0 fully saturated rings. The summed E-state index contributed by atoms with van der Waals surface area (Å²) in [6.07, 6.45) is 26.1. The molecule has 29 heavy (non-hydrogen) atoms. The van der Waals surface area contributed by atoms with E-state index in [2.05, 4.69) is 12.2 Å². The minimum Gasteiger partial charge on any atom is -0.461 e. The molecule has 2 amide bonds. The summed E-state index contributed by atoms with van der Waals surface area (Å²) in [6.45, 7) is 2.66. The summed E-state index contributed by atoms with van der Waals surface area (Å²) in [4.78, 5) is 21.9. The molecule has 3 N–H and O–H groups in total. The van der Waals surface area contributed by atoms with Crippen LogP contribution >= 0.6 is 0 Å².